The van der Waals surface area contributed by atoms with Crippen LogP contribution in [0.2, 0.25) is 0 Å². The van der Waals surface area contributed by atoms with Gasteiger partial charge < -0.3 is 24.4 Å². The molecule has 34 heavy (non-hydrogen) atoms. The molecule has 0 aliphatic carbocycles. The molecule has 0 spiro atoms. The van der Waals surface area contributed by atoms with E-state index in [0.29, 0.717) is 50.1 Å². The Morgan fingerprint density at radius 1 is 1.09 bits per heavy atom. The Labute approximate surface area is 201 Å². The fourth-order valence-corrected chi connectivity index (χ4v) is 3.62. The molecule has 3 rings (SSSR count). The summed E-state index contributed by atoms with van der Waals surface area (Å²) in [5, 5.41) is 2.80. The lowest BCUT2D eigenvalue weighted by Gasteiger charge is -2.33. The van der Waals surface area contributed by atoms with Gasteiger partial charge in [0.15, 0.2) is 0 Å². The maximum Gasteiger partial charge on any atom is 0.410 e. The van der Waals surface area contributed by atoms with Crippen LogP contribution in [-0.4, -0.2) is 67.4 Å². The maximum absolute atomic E-state index is 12.2. The highest BCUT2D eigenvalue weighted by Crippen LogP contribution is 2.23. The molecular formula is C26H35N3O5. The van der Waals surface area contributed by atoms with Crippen molar-refractivity contribution in [3.05, 3.63) is 48.2 Å². The first-order valence-electron chi connectivity index (χ1n) is 11.7. The molecule has 1 aromatic heterocycles. The third kappa shape index (κ3) is 7.73. The molecule has 0 atom stereocenters. The minimum atomic E-state index is -0.475. The van der Waals surface area contributed by atoms with Crippen molar-refractivity contribution in [3.63, 3.8) is 0 Å². The number of piperidine rings is 1. The third-order valence-corrected chi connectivity index (χ3v) is 5.52. The Morgan fingerprint density at radius 3 is 2.38 bits per heavy atom. The first-order valence-corrected chi connectivity index (χ1v) is 11.7. The summed E-state index contributed by atoms with van der Waals surface area (Å²) in [4.78, 5) is 30.6. The second-order valence-corrected chi connectivity index (χ2v) is 9.43. The van der Waals surface area contributed by atoms with Gasteiger partial charge in [0, 0.05) is 37.9 Å². The topological polar surface area (TPSA) is 90.0 Å². The molecule has 8 nitrogen and oxygen atoms in total. The van der Waals surface area contributed by atoms with Gasteiger partial charge in [-0.05, 0) is 63.8 Å². The number of rotatable bonds is 8. The van der Waals surface area contributed by atoms with Crippen LogP contribution >= 0.6 is 0 Å². The lowest BCUT2D eigenvalue weighted by atomic mass is 9.98. The van der Waals surface area contributed by atoms with Crippen LogP contribution in [0.4, 0.5) is 4.79 Å². The number of carbonyl (C=O) groups excluding carboxylic acids is 2. The standard InChI is InChI=1S/C26H35N3O5/c1-26(2,3)34-25(31)29-14-11-19(12-15-29)18-33-22-9-10-23(28-17-22)20-5-7-21(8-6-20)24(30)27-13-16-32-4/h5-10,17,19H,11-16,18H2,1-4H3,(H,27,30). The van der Waals surface area contributed by atoms with E-state index in [4.69, 9.17) is 14.2 Å². The maximum atomic E-state index is 12.2. The summed E-state index contributed by atoms with van der Waals surface area (Å²) >= 11 is 0. The quantitative estimate of drug-likeness (QED) is 0.584. The minimum Gasteiger partial charge on any atom is -0.492 e. The second-order valence-electron chi connectivity index (χ2n) is 9.43. The van der Waals surface area contributed by atoms with Crippen LogP contribution in [0.25, 0.3) is 11.3 Å². The SMILES string of the molecule is COCCNC(=O)c1ccc(-c2ccc(OCC3CCN(C(=O)OC(C)(C)C)CC3)cn2)cc1. The van der Waals surface area contributed by atoms with E-state index < -0.39 is 5.60 Å². The molecule has 1 saturated heterocycles. The van der Waals surface area contributed by atoms with Gasteiger partial charge in [-0.2, -0.15) is 0 Å². The normalized spacial score (nSPS) is 14.5. The number of carbonyl (C=O) groups is 2. The summed E-state index contributed by atoms with van der Waals surface area (Å²) < 4.78 is 16.3. The number of pyridine rings is 1. The number of benzene rings is 1. The summed E-state index contributed by atoms with van der Waals surface area (Å²) in [5.74, 6) is 0.977. The molecule has 8 heteroatoms. The van der Waals surface area contributed by atoms with Crippen molar-refractivity contribution < 1.29 is 23.8 Å². The van der Waals surface area contributed by atoms with Crippen molar-refractivity contribution in [3.8, 4) is 17.0 Å². The van der Waals surface area contributed by atoms with Crippen molar-refractivity contribution in [1.82, 2.24) is 15.2 Å². The predicted molar refractivity (Wildman–Crippen MR) is 130 cm³/mol. The molecule has 0 radical (unpaired) electrons. The number of nitrogens with one attached hydrogen (secondary N) is 1. The molecule has 0 saturated carbocycles. The Kier molecular flexibility index (Phi) is 8.87. The van der Waals surface area contributed by atoms with Crippen LogP contribution in [0.3, 0.4) is 0 Å². The molecule has 184 valence electrons. The van der Waals surface area contributed by atoms with E-state index in [1.165, 1.54) is 0 Å². The van der Waals surface area contributed by atoms with E-state index in [-0.39, 0.29) is 12.0 Å². The van der Waals surface area contributed by atoms with Crippen LogP contribution in [0.5, 0.6) is 5.75 Å². The smallest absolute Gasteiger partial charge is 0.410 e. The van der Waals surface area contributed by atoms with Crippen molar-refractivity contribution in [1.29, 1.82) is 0 Å². The van der Waals surface area contributed by atoms with E-state index in [1.54, 1.807) is 30.3 Å². The Balaban J connectivity index is 1.45. The lowest BCUT2D eigenvalue weighted by Crippen LogP contribution is -2.42. The zero-order chi connectivity index (χ0) is 24.6. The molecule has 2 aromatic rings. The van der Waals surface area contributed by atoms with E-state index in [9.17, 15) is 9.59 Å². The van der Waals surface area contributed by atoms with E-state index >= 15 is 0 Å². The summed E-state index contributed by atoms with van der Waals surface area (Å²) in [7, 11) is 1.60. The molecular weight excluding hydrogens is 434 g/mol. The van der Waals surface area contributed by atoms with Crippen LogP contribution in [0.15, 0.2) is 42.6 Å². The molecule has 1 fully saturated rings. The van der Waals surface area contributed by atoms with E-state index in [0.717, 1.165) is 24.1 Å². The molecule has 1 aliphatic rings. The number of hydrogen-bond donors (Lipinski definition) is 1. The molecule has 2 heterocycles. The number of aromatic nitrogens is 1. The minimum absolute atomic E-state index is 0.128. The Hall–Kier alpha value is -3.13. The monoisotopic (exact) mass is 469 g/mol. The zero-order valence-electron chi connectivity index (χ0n) is 20.5. The van der Waals surface area contributed by atoms with Gasteiger partial charge >= 0.3 is 6.09 Å². The average molecular weight is 470 g/mol. The summed E-state index contributed by atoms with van der Waals surface area (Å²) in [6, 6.07) is 11.1. The fourth-order valence-electron chi connectivity index (χ4n) is 3.62. The summed E-state index contributed by atoms with van der Waals surface area (Å²) in [6.45, 7) is 8.55. The number of amides is 2. The largest absolute Gasteiger partial charge is 0.492 e. The highest BCUT2D eigenvalue weighted by atomic mass is 16.6. The summed E-state index contributed by atoms with van der Waals surface area (Å²) in [6.07, 6.45) is 3.24. The van der Waals surface area contributed by atoms with Crippen molar-refractivity contribution in [2.75, 3.05) is 40.0 Å². The van der Waals surface area contributed by atoms with Gasteiger partial charge in [0.1, 0.15) is 11.4 Å². The van der Waals surface area contributed by atoms with Gasteiger partial charge in [-0.25, -0.2) is 4.79 Å². The van der Waals surface area contributed by atoms with Gasteiger partial charge in [-0.3, -0.25) is 9.78 Å². The average Bonchev–Trinajstić information content (AvgIpc) is 2.82. The van der Waals surface area contributed by atoms with E-state index in [1.807, 2.05) is 45.0 Å². The number of hydrogen-bond acceptors (Lipinski definition) is 6. The van der Waals surface area contributed by atoms with Crippen molar-refractivity contribution >= 4 is 12.0 Å². The third-order valence-electron chi connectivity index (χ3n) is 5.52. The molecule has 1 aromatic carbocycles. The molecule has 1 N–H and O–H groups in total. The first-order chi connectivity index (χ1) is 16.2. The van der Waals surface area contributed by atoms with Crippen molar-refractivity contribution in [2.24, 2.45) is 5.92 Å². The highest BCUT2D eigenvalue weighted by Gasteiger charge is 2.27. The van der Waals surface area contributed by atoms with Crippen LogP contribution in [-0.2, 0) is 9.47 Å². The van der Waals surface area contributed by atoms with Gasteiger partial charge in [-0.15, -0.1) is 0 Å². The number of ether oxygens (including phenoxy) is 3. The molecule has 1 aliphatic heterocycles. The van der Waals surface area contributed by atoms with Gasteiger partial charge in [0.25, 0.3) is 5.91 Å². The van der Waals surface area contributed by atoms with Gasteiger partial charge in [-0.1, -0.05) is 12.1 Å². The Morgan fingerprint density at radius 2 is 1.79 bits per heavy atom. The summed E-state index contributed by atoms with van der Waals surface area (Å²) in [5.41, 5.74) is 1.85. The van der Waals surface area contributed by atoms with Crippen LogP contribution in [0.1, 0.15) is 44.0 Å². The van der Waals surface area contributed by atoms with Crippen molar-refractivity contribution in [2.45, 2.75) is 39.2 Å². The predicted octanol–water partition coefficient (Wildman–Crippen LogP) is 4.15. The van der Waals surface area contributed by atoms with Gasteiger partial charge in [0.2, 0.25) is 0 Å². The molecule has 0 unspecified atom stereocenters. The first kappa shape index (κ1) is 25.5. The van der Waals surface area contributed by atoms with Crippen LogP contribution < -0.4 is 10.1 Å². The second kappa shape index (κ2) is 11.8. The molecule has 0 bridgehead atoms. The number of methoxy groups -OCH3 is 1. The fraction of sp³-hybridized carbons (Fsp3) is 0.500. The van der Waals surface area contributed by atoms with E-state index in [2.05, 4.69) is 10.3 Å². The molecule has 2 amide bonds. The zero-order valence-corrected chi connectivity index (χ0v) is 20.5. The van der Waals surface area contributed by atoms with Crippen LogP contribution in [0, 0.1) is 5.92 Å². The van der Waals surface area contributed by atoms with Gasteiger partial charge in [0.05, 0.1) is 25.1 Å². The lowest BCUT2D eigenvalue weighted by molar-refractivity contribution is 0.0165. The Bertz CT molecular complexity index is 930. The number of nitrogens with zero attached hydrogens (tertiary/aromatic N) is 2. The number of likely N-dealkylation sites (tertiary alicyclic amines) is 1. The highest BCUT2D eigenvalue weighted by molar-refractivity contribution is 5.94.